The Morgan fingerprint density at radius 3 is 1.73 bits per heavy atom. The first kappa shape index (κ1) is 14.1. The molecule has 0 bridgehead atoms. The van der Waals surface area contributed by atoms with Crippen molar-refractivity contribution in [2.45, 2.75) is 6.92 Å². The van der Waals surface area contributed by atoms with Gasteiger partial charge in [0.2, 0.25) is 5.91 Å². The number of carbonyl (C=O) groups excluding carboxylic acids is 1. The highest BCUT2D eigenvalue weighted by atomic mass is 16.1. The molecule has 1 N–H and O–H groups in total. The maximum absolute atomic E-state index is 11.1. The standard InChI is InChI=1S/C20H17NO/c1-15(22)21-18-13-11-17(12-14-18)20-10-6-5-9-19(20)16-7-3-2-4-8-16/h2-14H,1H3,(H,21,22). The Bertz CT molecular complexity index is 776. The second-order valence-corrected chi connectivity index (χ2v) is 5.17. The van der Waals surface area contributed by atoms with Crippen LogP contribution < -0.4 is 5.32 Å². The predicted molar refractivity (Wildman–Crippen MR) is 91.6 cm³/mol. The minimum Gasteiger partial charge on any atom is -0.326 e. The average molecular weight is 287 g/mol. The molecule has 0 aliphatic rings. The van der Waals surface area contributed by atoms with Gasteiger partial charge in [0.15, 0.2) is 0 Å². The summed E-state index contributed by atoms with van der Waals surface area (Å²) in [6.07, 6.45) is 0. The molecule has 108 valence electrons. The van der Waals surface area contributed by atoms with Crippen molar-refractivity contribution >= 4 is 11.6 Å². The van der Waals surface area contributed by atoms with Gasteiger partial charge in [0.05, 0.1) is 0 Å². The number of carbonyl (C=O) groups is 1. The molecule has 1 amide bonds. The van der Waals surface area contributed by atoms with Crippen molar-refractivity contribution in [3.63, 3.8) is 0 Å². The number of hydrogen-bond donors (Lipinski definition) is 1. The molecule has 3 rings (SSSR count). The molecular weight excluding hydrogens is 270 g/mol. The van der Waals surface area contributed by atoms with Crippen LogP contribution in [0.1, 0.15) is 6.92 Å². The van der Waals surface area contributed by atoms with Crippen LogP contribution in [0.2, 0.25) is 0 Å². The Morgan fingerprint density at radius 2 is 1.18 bits per heavy atom. The van der Waals surface area contributed by atoms with Crippen LogP contribution in [0.15, 0.2) is 78.9 Å². The third-order valence-corrected chi connectivity index (χ3v) is 3.53. The predicted octanol–water partition coefficient (Wildman–Crippen LogP) is 4.98. The zero-order valence-electron chi connectivity index (χ0n) is 12.4. The summed E-state index contributed by atoms with van der Waals surface area (Å²) in [6, 6.07) is 26.6. The zero-order valence-corrected chi connectivity index (χ0v) is 12.4. The largest absolute Gasteiger partial charge is 0.326 e. The number of benzene rings is 3. The van der Waals surface area contributed by atoms with Crippen molar-refractivity contribution < 1.29 is 4.79 Å². The zero-order chi connectivity index (χ0) is 15.4. The highest BCUT2D eigenvalue weighted by Gasteiger charge is 2.06. The molecule has 0 saturated heterocycles. The van der Waals surface area contributed by atoms with Crippen LogP contribution in [0.25, 0.3) is 22.3 Å². The van der Waals surface area contributed by atoms with Crippen molar-refractivity contribution in [2.24, 2.45) is 0 Å². The first-order chi connectivity index (χ1) is 10.7. The van der Waals surface area contributed by atoms with Gasteiger partial charge >= 0.3 is 0 Å². The second-order valence-electron chi connectivity index (χ2n) is 5.17. The van der Waals surface area contributed by atoms with Crippen molar-refractivity contribution in [2.75, 3.05) is 5.32 Å². The smallest absolute Gasteiger partial charge is 0.221 e. The molecular formula is C20H17NO. The summed E-state index contributed by atoms with van der Waals surface area (Å²) in [5.74, 6) is -0.0579. The first-order valence-corrected chi connectivity index (χ1v) is 7.26. The van der Waals surface area contributed by atoms with Crippen LogP contribution in [0.3, 0.4) is 0 Å². The first-order valence-electron chi connectivity index (χ1n) is 7.26. The summed E-state index contributed by atoms with van der Waals surface area (Å²) in [4.78, 5) is 11.1. The molecule has 0 radical (unpaired) electrons. The quantitative estimate of drug-likeness (QED) is 0.723. The highest BCUT2D eigenvalue weighted by Crippen LogP contribution is 2.32. The molecule has 2 nitrogen and oxygen atoms in total. The lowest BCUT2D eigenvalue weighted by Crippen LogP contribution is -2.05. The molecule has 3 aromatic rings. The number of nitrogens with one attached hydrogen (secondary N) is 1. The maximum atomic E-state index is 11.1. The van der Waals surface area contributed by atoms with E-state index in [2.05, 4.69) is 35.6 Å². The normalized spacial score (nSPS) is 10.2. The number of amides is 1. The summed E-state index contributed by atoms with van der Waals surface area (Å²) in [5.41, 5.74) is 5.53. The van der Waals surface area contributed by atoms with E-state index in [-0.39, 0.29) is 5.91 Å². The van der Waals surface area contributed by atoms with Gasteiger partial charge in [-0.3, -0.25) is 4.79 Å². The third-order valence-electron chi connectivity index (χ3n) is 3.53. The summed E-state index contributed by atoms with van der Waals surface area (Å²) in [6.45, 7) is 1.51. The monoisotopic (exact) mass is 287 g/mol. The van der Waals surface area contributed by atoms with Crippen LogP contribution in [-0.2, 0) is 4.79 Å². The Kier molecular flexibility index (Phi) is 4.01. The van der Waals surface area contributed by atoms with Gasteiger partial charge in [0, 0.05) is 12.6 Å². The topological polar surface area (TPSA) is 29.1 Å². The Labute approximate surface area is 130 Å². The van der Waals surface area contributed by atoms with Gasteiger partial charge in [-0.05, 0) is 34.4 Å². The van der Waals surface area contributed by atoms with Gasteiger partial charge in [0.1, 0.15) is 0 Å². The molecule has 0 atom stereocenters. The van der Waals surface area contributed by atoms with Gasteiger partial charge in [0.25, 0.3) is 0 Å². The van der Waals surface area contributed by atoms with E-state index in [4.69, 9.17) is 0 Å². The molecule has 0 aliphatic heterocycles. The van der Waals surface area contributed by atoms with Gasteiger partial charge in [-0.25, -0.2) is 0 Å². The lowest BCUT2D eigenvalue weighted by Gasteiger charge is -2.11. The molecule has 0 fully saturated rings. The third kappa shape index (κ3) is 3.07. The van der Waals surface area contributed by atoms with Crippen molar-refractivity contribution in [3.8, 4) is 22.3 Å². The minimum absolute atomic E-state index is 0.0579. The van der Waals surface area contributed by atoms with E-state index in [0.29, 0.717) is 0 Å². The van der Waals surface area contributed by atoms with Crippen molar-refractivity contribution in [1.29, 1.82) is 0 Å². The van der Waals surface area contributed by atoms with Crippen molar-refractivity contribution in [3.05, 3.63) is 78.9 Å². The molecule has 0 saturated carbocycles. The summed E-state index contributed by atoms with van der Waals surface area (Å²) >= 11 is 0. The van der Waals surface area contributed by atoms with E-state index in [9.17, 15) is 4.79 Å². The summed E-state index contributed by atoms with van der Waals surface area (Å²) in [5, 5.41) is 2.79. The van der Waals surface area contributed by atoms with Gasteiger partial charge < -0.3 is 5.32 Å². The van der Waals surface area contributed by atoms with Crippen LogP contribution in [0.4, 0.5) is 5.69 Å². The number of hydrogen-bond acceptors (Lipinski definition) is 1. The second kappa shape index (κ2) is 6.27. The van der Waals surface area contributed by atoms with Crippen LogP contribution in [0, 0.1) is 0 Å². The van der Waals surface area contributed by atoms with E-state index in [1.807, 2.05) is 48.5 Å². The maximum Gasteiger partial charge on any atom is 0.221 e. The summed E-state index contributed by atoms with van der Waals surface area (Å²) < 4.78 is 0. The van der Waals surface area contributed by atoms with Gasteiger partial charge in [-0.15, -0.1) is 0 Å². The molecule has 0 spiro atoms. The Morgan fingerprint density at radius 1 is 0.682 bits per heavy atom. The van der Waals surface area contributed by atoms with Crippen LogP contribution >= 0.6 is 0 Å². The summed E-state index contributed by atoms with van der Waals surface area (Å²) in [7, 11) is 0. The van der Waals surface area contributed by atoms with Crippen molar-refractivity contribution in [1.82, 2.24) is 0 Å². The molecule has 0 unspecified atom stereocenters. The lowest BCUT2D eigenvalue weighted by molar-refractivity contribution is -0.114. The molecule has 0 aliphatic carbocycles. The van der Waals surface area contributed by atoms with Crippen LogP contribution in [0.5, 0.6) is 0 Å². The van der Waals surface area contributed by atoms with E-state index in [1.165, 1.54) is 23.6 Å². The molecule has 22 heavy (non-hydrogen) atoms. The number of rotatable bonds is 3. The van der Waals surface area contributed by atoms with E-state index in [0.717, 1.165) is 11.3 Å². The molecule has 0 aromatic heterocycles. The Hall–Kier alpha value is -2.87. The minimum atomic E-state index is -0.0579. The van der Waals surface area contributed by atoms with Gasteiger partial charge in [-0.1, -0.05) is 66.7 Å². The fourth-order valence-electron chi connectivity index (χ4n) is 2.54. The lowest BCUT2D eigenvalue weighted by atomic mass is 9.94. The van der Waals surface area contributed by atoms with Gasteiger partial charge in [-0.2, -0.15) is 0 Å². The SMILES string of the molecule is CC(=O)Nc1ccc(-c2ccccc2-c2ccccc2)cc1. The molecule has 0 heterocycles. The molecule has 2 heteroatoms. The van der Waals surface area contributed by atoms with E-state index >= 15 is 0 Å². The fourth-order valence-corrected chi connectivity index (χ4v) is 2.54. The van der Waals surface area contributed by atoms with E-state index in [1.54, 1.807) is 0 Å². The number of anilines is 1. The highest BCUT2D eigenvalue weighted by molar-refractivity contribution is 5.89. The van der Waals surface area contributed by atoms with Crippen LogP contribution in [-0.4, -0.2) is 5.91 Å². The van der Waals surface area contributed by atoms with E-state index < -0.39 is 0 Å². The molecule has 3 aromatic carbocycles. The average Bonchev–Trinajstić information content (AvgIpc) is 2.56. The Balaban J connectivity index is 2.00. The fraction of sp³-hybridized carbons (Fsp3) is 0.0500.